The van der Waals surface area contributed by atoms with E-state index in [9.17, 15) is 4.79 Å². The van der Waals surface area contributed by atoms with Crippen LogP contribution < -0.4 is 4.74 Å². The maximum atomic E-state index is 11.6. The second-order valence-electron chi connectivity index (χ2n) is 3.84. The number of esters is 1. The van der Waals surface area contributed by atoms with Gasteiger partial charge < -0.3 is 14.2 Å². The largest absolute Gasteiger partial charge is 0.496 e. The van der Waals surface area contributed by atoms with E-state index in [-0.39, 0.29) is 6.61 Å². The lowest BCUT2D eigenvalue weighted by atomic mass is 10.2. The van der Waals surface area contributed by atoms with Crippen LogP contribution in [0.4, 0.5) is 0 Å². The van der Waals surface area contributed by atoms with Crippen LogP contribution in [0.1, 0.15) is 12.5 Å². The molecule has 0 aliphatic carbocycles. The molecule has 0 radical (unpaired) electrons. The molecular weight excluding hydrogens is 312 g/mol. The van der Waals surface area contributed by atoms with Gasteiger partial charge in [-0.1, -0.05) is 12.1 Å². The average molecular weight is 329 g/mol. The van der Waals surface area contributed by atoms with Crippen molar-refractivity contribution < 1.29 is 19.0 Å². The van der Waals surface area contributed by atoms with Gasteiger partial charge >= 0.3 is 5.97 Å². The molecule has 0 aliphatic heterocycles. The Morgan fingerprint density at radius 3 is 2.84 bits per heavy atom. The van der Waals surface area contributed by atoms with Crippen LogP contribution in [0.2, 0.25) is 0 Å². The molecule has 1 atom stereocenters. The molecule has 0 spiro atoms. The Morgan fingerprint density at radius 1 is 1.53 bits per heavy atom. The van der Waals surface area contributed by atoms with E-state index in [2.05, 4.69) is 22.5 Å². The van der Waals surface area contributed by atoms with Gasteiger partial charge in [0.15, 0.2) is 6.10 Å². The number of hydrogen-bond acceptors (Lipinski definition) is 4. The first kappa shape index (κ1) is 15.7. The summed E-state index contributed by atoms with van der Waals surface area (Å²) >= 11 is 3.38. The Kier molecular flexibility index (Phi) is 6.59. The molecule has 0 amide bonds. The maximum absolute atomic E-state index is 11.6. The number of ether oxygens (including phenoxy) is 3. The highest BCUT2D eigenvalue weighted by atomic mass is 79.9. The van der Waals surface area contributed by atoms with Crippen molar-refractivity contribution in [1.29, 1.82) is 0 Å². The fraction of sp³-hybridized carbons (Fsp3) is 0.357. The number of hydrogen-bond donors (Lipinski definition) is 0. The van der Waals surface area contributed by atoms with Crippen LogP contribution in [0.15, 0.2) is 35.3 Å². The molecule has 1 aromatic rings. The standard InChI is InChI=1S/C14H17BrO4/c1-4-7-18-10(2)14(16)19-9-11-5-6-13(17-3)12(15)8-11/h4-6,8,10H,1,7,9H2,2-3H3. The summed E-state index contributed by atoms with van der Waals surface area (Å²) in [6.45, 7) is 5.69. The summed E-state index contributed by atoms with van der Waals surface area (Å²) in [7, 11) is 1.60. The van der Waals surface area contributed by atoms with Crippen molar-refractivity contribution in [1.82, 2.24) is 0 Å². The van der Waals surface area contributed by atoms with Crippen LogP contribution in [0.25, 0.3) is 0 Å². The van der Waals surface area contributed by atoms with Crippen LogP contribution in [-0.4, -0.2) is 25.8 Å². The highest BCUT2D eigenvalue weighted by molar-refractivity contribution is 9.10. The van der Waals surface area contributed by atoms with Gasteiger partial charge in [-0.2, -0.15) is 0 Å². The summed E-state index contributed by atoms with van der Waals surface area (Å²) in [5.41, 5.74) is 0.872. The van der Waals surface area contributed by atoms with Crippen LogP contribution in [-0.2, 0) is 20.9 Å². The van der Waals surface area contributed by atoms with E-state index in [1.807, 2.05) is 18.2 Å². The second-order valence-corrected chi connectivity index (χ2v) is 4.70. The molecule has 0 saturated heterocycles. The normalized spacial score (nSPS) is 11.7. The zero-order valence-corrected chi connectivity index (χ0v) is 12.6. The number of halogens is 1. The predicted octanol–water partition coefficient (Wildman–Crippen LogP) is 3.09. The fourth-order valence-corrected chi connectivity index (χ4v) is 1.94. The second kappa shape index (κ2) is 7.96. The predicted molar refractivity (Wildman–Crippen MR) is 76.1 cm³/mol. The van der Waals surface area contributed by atoms with Gasteiger partial charge in [0.25, 0.3) is 0 Å². The van der Waals surface area contributed by atoms with E-state index in [1.54, 1.807) is 20.1 Å². The first-order valence-corrected chi connectivity index (χ1v) is 6.59. The van der Waals surface area contributed by atoms with Crippen molar-refractivity contribution in [3.05, 3.63) is 40.9 Å². The van der Waals surface area contributed by atoms with Crippen molar-refractivity contribution in [3.8, 4) is 5.75 Å². The Morgan fingerprint density at radius 2 is 2.26 bits per heavy atom. The van der Waals surface area contributed by atoms with Gasteiger partial charge in [-0.15, -0.1) is 6.58 Å². The summed E-state index contributed by atoms with van der Waals surface area (Å²) in [5.74, 6) is 0.339. The van der Waals surface area contributed by atoms with Crippen molar-refractivity contribution in [2.24, 2.45) is 0 Å². The molecule has 1 rings (SSSR count). The van der Waals surface area contributed by atoms with Gasteiger partial charge in [0.05, 0.1) is 18.2 Å². The van der Waals surface area contributed by atoms with E-state index in [0.29, 0.717) is 6.61 Å². The highest BCUT2D eigenvalue weighted by Crippen LogP contribution is 2.25. The third-order valence-electron chi connectivity index (χ3n) is 2.39. The van der Waals surface area contributed by atoms with Crippen LogP contribution in [0, 0.1) is 0 Å². The minimum atomic E-state index is -0.598. The van der Waals surface area contributed by atoms with E-state index < -0.39 is 12.1 Å². The van der Waals surface area contributed by atoms with Gasteiger partial charge in [-0.05, 0) is 40.5 Å². The lowest BCUT2D eigenvalue weighted by molar-refractivity contribution is -0.156. The summed E-state index contributed by atoms with van der Waals surface area (Å²) in [5, 5.41) is 0. The first-order chi connectivity index (χ1) is 9.08. The molecule has 4 nitrogen and oxygen atoms in total. The molecule has 1 aromatic carbocycles. The summed E-state index contributed by atoms with van der Waals surface area (Å²) < 4.78 is 16.3. The van der Waals surface area contributed by atoms with Crippen molar-refractivity contribution in [3.63, 3.8) is 0 Å². The molecule has 0 N–H and O–H groups in total. The monoisotopic (exact) mass is 328 g/mol. The van der Waals surface area contributed by atoms with Crippen LogP contribution >= 0.6 is 15.9 Å². The van der Waals surface area contributed by atoms with Gasteiger partial charge in [-0.3, -0.25) is 0 Å². The number of carbonyl (C=O) groups excluding carboxylic acids is 1. The Labute approximate surface area is 121 Å². The quantitative estimate of drug-likeness (QED) is 0.570. The number of rotatable bonds is 7. The van der Waals surface area contributed by atoms with Crippen molar-refractivity contribution >= 4 is 21.9 Å². The highest BCUT2D eigenvalue weighted by Gasteiger charge is 2.14. The molecule has 1 unspecified atom stereocenters. The van der Waals surface area contributed by atoms with Crippen LogP contribution in [0.5, 0.6) is 5.75 Å². The van der Waals surface area contributed by atoms with Crippen molar-refractivity contribution in [2.75, 3.05) is 13.7 Å². The lowest BCUT2D eigenvalue weighted by Gasteiger charge is -2.12. The summed E-state index contributed by atoms with van der Waals surface area (Å²) in [4.78, 5) is 11.6. The minimum absolute atomic E-state index is 0.198. The molecule has 19 heavy (non-hydrogen) atoms. The fourth-order valence-electron chi connectivity index (χ4n) is 1.35. The van der Waals surface area contributed by atoms with E-state index in [1.165, 1.54) is 0 Å². The minimum Gasteiger partial charge on any atom is -0.496 e. The molecule has 0 aliphatic rings. The van der Waals surface area contributed by atoms with Crippen molar-refractivity contribution in [2.45, 2.75) is 19.6 Å². The van der Waals surface area contributed by atoms with Gasteiger partial charge in [0.1, 0.15) is 12.4 Å². The topological polar surface area (TPSA) is 44.8 Å². The van der Waals surface area contributed by atoms with Gasteiger partial charge in [-0.25, -0.2) is 4.79 Å². The third-order valence-corrected chi connectivity index (χ3v) is 3.01. The number of methoxy groups -OCH3 is 1. The molecule has 0 heterocycles. The first-order valence-electron chi connectivity index (χ1n) is 5.80. The van der Waals surface area contributed by atoms with Gasteiger partial charge in [0, 0.05) is 0 Å². The number of benzene rings is 1. The number of carbonyl (C=O) groups is 1. The molecule has 0 saturated carbocycles. The average Bonchev–Trinajstić information content (AvgIpc) is 2.42. The van der Waals surface area contributed by atoms with E-state index >= 15 is 0 Å². The SMILES string of the molecule is C=CCOC(C)C(=O)OCc1ccc(OC)c(Br)c1. The smallest absolute Gasteiger partial charge is 0.335 e. The lowest BCUT2D eigenvalue weighted by Crippen LogP contribution is -2.23. The summed E-state index contributed by atoms with van der Waals surface area (Å²) in [6.07, 6.45) is 0.990. The zero-order valence-electron chi connectivity index (χ0n) is 11.0. The molecular formula is C14H17BrO4. The molecule has 0 aromatic heterocycles. The Bertz CT molecular complexity index is 445. The third kappa shape index (κ3) is 5.04. The van der Waals surface area contributed by atoms with Gasteiger partial charge in [0.2, 0.25) is 0 Å². The zero-order chi connectivity index (χ0) is 14.3. The molecule has 0 bridgehead atoms. The molecule has 0 fully saturated rings. The Hall–Kier alpha value is -1.33. The maximum Gasteiger partial charge on any atom is 0.335 e. The molecule has 5 heteroatoms. The van der Waals surface area contributed by atoms with E-state index in [4.69, 9.17) is 14.2 Å². The molecule has 104 valence electrons. The van der Waals surface area contributed by atoms with E-state index in [0.717, 1.165) is 15.8 Å². The van der Waals surface area contributed by atoms with Crippen LogP contribution in [0.3, 0.4) is 0 Å². The summed E-state index contributed by atoms with van der Waals surface area (Å²) in [6, 6.07) is 5.50. The Balaban J connectivity index is 2.50.